The summed E-state index contributed by atoms with van der Waals surface area (Å²) in [6, 6.07) is 18.0. The number of hydrazine groups is 1. The first-order valence-electron chi connectivity index (χ1n) is 15.0. The summed E-state index contributed by atoms with van der Waals surface area (Å²) in [6.45, 7) is 1.53. The number of fused-ring (bicyclic) bond motifs is 1. The lowest BCUT2D eigenvalue weighted by Crippen LogP contribution is -2.35. The quantitative estimate of drug-likeness (QED) is 0.0673. The Hall–Kier alpha value is -6.64. The van der Waals surface area contributed by atoms with Crippen molar-refractivity contribution in [1.29, 1.82) is 0 Å². The fourth-order valence-corrected chi connectivity index (χ4v) is 5.16. The number of nitrogens with two attached hydrogens (primary N) is 1. The molecule has 0 aliphatic rings. The average molecular weight is 683 g/mol. The summed E-state index contributed by atoms with van der Waals surface area (Å²) in [7, 11) is 3.29. The van der Waals surface area contributed by atoms with Gasteiger partial charge in [-0.1, -0.05) is 12.1 Å². The Morgan fingerprint density at radius 1 is 1.04 bits per heavy atom. The molecule has 0 saturated heterocycles. The Balaban J connectivity index is 1.20. The molecule has 0 fully saturated rings. The molecule has 3 heterocycles. The molecule has 254 valence electrons. The van der Waals surface area contributed by atoms with E-state index in [1.807, 2.05) is 24.4 Å². The van der Waals surface area contributed by atoms with Crippen molar-refractivity contribution >= 4 is 40.5 Å². The fraction of sp³-hybridized carbons (Fsp3) is 0.114. The van der Waals surface area contributed by atoms with Crippen molar-refractivity contribution in [3.8, 4) is 34.1 Å². The number of carbonyl (C=O) groups excluding carboxylic acids is 2. The average Bonchev–Trinajstić information content (AvgIpc) is 3.70. The van der Waals surface area contributed by atoms with Crippen LogP contribution in [0.1, 0.15) is 12.5 Å². The molecular formula is C35H29F3N8O4. The Bertz CT molecular complexity index is 2210. The molecule has 0 radical (unpaired) electrons. The van der Waals surface area contributed by atoms with E-state index >= 15 is 0 Å². The number of carbonyl (C=O) groups is 2. The predicted octanol–water partition coefficient (Wildman–Crippen LogP) is 7.04. The van der Waals surface area contributed by atoms with E-state index in [-0.39, 0.29) is 17.1 Å². The van der Waals surface area contributed by atoms with Crippen LogP contribution < -0.4 is 20.8 Å². The molecule has 3 aromatic heterocycles. The zero-order valence-corrected chi connectivity index (χ0v) is 26.8. The highest BCUT2D eigenvalue weighted by Gasteiger charge is 2.30. The Morgan fingerprint density at radius 2 is 1.78 bits per heavy atom. The van der Waals surface area contributed by atoms with Gasteiger partial charge < -0.3 is 20.2 Å². The summed E-state index contributed by atoms with van der Waals surface area (Å²) in [5.74, 6) is 0.690. The van der Waals surface area contributed by atoms with Crippen molar-refractivity contribution in [3.63, 3.8) is 0 Å². The van der Waals surface area contributed by atoms with E-state index in [0.29, 0.717) is 46.0 Å². The van der Waals surface area contributed by atoms with Gasteiger partial charge >= 0.3 is 6.18 Å². The molecule has 0 aliphatic carbocycles. The number of furan rings is 1. The molecule has 2 amide bonds. The van der Waals surface area contributed by atoms with Crippen molar-refractivity contribution in [2.75, 3.05) is 23.1 Å². The van der Waals surface area contributed by atoms with E-state index in [2.05, 4.69) is 20.4 Å². The van der Waals surface area contributed by atoms with E-state index in [9.17, 15) is 22.8 Å². The lowest BCUT2D eigenvalue weighted by molar-refractivity contribution is -0.137. The molecule has 0 unspecified atom stereocenters. The number of amides is 2. The second kappa shape index (κ2) is 13.5. The number of halogens is 3. The third kappa shape index (κ3) is 6.96. The first-order valence-corrected chi connectivity index (χ1v) is 15.0. The fourth-order valence-electron chi connectivity index (χ4n) is 5.16. The summed E-state index contributed by atoms with van der Waals surface area (Å²) < 4.78 is 52.9. The summed E-state index contributed by atoms with van der Waals surface area (Å²) >= 11 is 0. The number of ether oxygens (including phenoxy) is 1. The molecule has 6 rings (SSSR count). The van der Waals surface area contributed by atoms with Crippen LogP contribution in [-0.2, 0) is 22.8 Å². The van der Waals surface area contributed by atoms with Gasteiger partial charge in [-0.05, 0) is 73.2 Å². The number of hydrogen-bond acceptors (Lipinski definition) is 9. The Kier molecular flexibility index (Phi) is 8.96. The molecule has 0 aliphatic heterocycles. The van der Waals surface area contributed by atoms with E-state index in [1.54, 1.807) is 48.3 Å². The molecule has 15 heteroatoms. The number of nitrogen functional groups attached to an aromatic ring is 1. The maximum atomic E-state index is 13.0. The minimum absolute atomic E-state index is 0.181. The van der Waals surface area contributed by atoms with Gasteiger partial charge in [0.1, 0.15) is 23.2 Å². The molecule has 3 aromatic carbocycles. The van der Waals surface area contributed by atoms with E-state index < -0.39 is 17.6 Å². The second-order valence-corrected chi connectivity index (χ2v) is 11.2. The van der Waals surface area contributed by atoms with E-state index in [4.69, 9.17) is 14.9 Å². The van der Waals surface area contributed by atoms with Crippen LogP contribution in [-0.4, -0.2) is 44.1 Å². The number of benzene rings is 3. The first kappa shape index (κ1) is 33.3. The van der Waals surface area contributed by atoms with Gasteiger partial charge in [0.2, 0.25) is 18.0 Å². The molecule has 3 N–H and O–H groups in total. The van der Waals surface area contributed by atoms with Crippen LogP contribution in [0, 0.1) is 0 Å². The second-order valence-electron chi connectivity index (χ2n) is 11.2. The molecule has 6 aromatic rings. The van der Waals surface area contributed by atoms with Gasteiger partial charge in [-0.15, -0.1) is 0 Å². The SMILES string of the molecule is C/C(=C\N(C)N(C=O)c1ccc(C(F)(F)F)cc1)C(=O)Nc1ccc(Oc2ncnc3oc(-c4cnn(C)c4)c(-c4cccc(N)c4)c23)cc1. The van der Waals surface area contributed by atoms with E-state index in [0.717, 1.165) is 40.4 Å². The normalized spacial score (nSPS) is 11.8. The minimum Gasteiger partial charge on any atom is -0.438 e. The Morgan fingerprint density at radius 3 is 2.42 bits per heavy atom. The molecule has 0 spiro atoms. The number of aryl methyl sites for hydroxylation is 1. The van der Waals surface area contributed by atoms with Crippen LogP contribution in [0.4, 0.5) is 30.2 Å². The Labute approximate surface area is 283 Å². The number of rotatable bonds is 10. The van der Waals surface area contributed by atoms with E-state index in [1.165, 1.54) is 31.5 Å². The van der Waals surface area contributed by atoms with Crippen LogP contribution in [0.3, 0.4) is 0 Å². The van der Waals surface area contributed by atoms with Gasteiger partial charge in [0.15, 0.2) is 0 Å². The number of anilines is 3. The van der Waals surface area contributed by atoms with Crippen LogP contribution >= 0.6 is 0 Å². The van der Waals surface area contributed by atoms with Crippen molar-refractivity contribution < 1.29 is 31.9 Å². The first-order chi connectivity index (χ1) is 23.9. The van der Waals surface area contributed by atoms with Crippen LogP contribution in [0.25, 0.3) is 33.6 Å². The molecule has 12 nitrogen and oxygen atoms in total. The summed E-state index contributed by atoms with van der Waals surface area (Å²) in [5.41, 5.74) is 9.15. The number of alkyl halides is 3. The molecule has 0 atom stereocenters. The van der Waals surface area contributed by atoms with Gasteiger partial charge in [0.05, 0.1) is 23.0 Å². The number of hydrogen-bond donors (Lipinski definition) is 2. The number of nitrogens with one attached hydrogen (secondary N) is 1. The largest absolute Gasteiger partial charge is 0.438 e. The molecule has 0 saturated carbocycles. The summed E-state index contributed by atoms with van der Waals surface area (Å²) in [5, 5.41) is 9.92. The van der Waals surface area contributed by atoms with Gasteiger partial charge in [-0.2, -0.15) is 18.3 Å². The van der Waals surface area contributed by atoms with Gasteiger partial charge in [-0.25, -0.2) is 15.0 Å². The van der Waals surface area contributed by atoms with Crippen molar-refractivity contribution in [2.24, 2.45) is 7.05 Å². The van der Waals surface area contributed by atoms with Gasteiger partial charge in [0, 0.05) is 49.0 Å². The third-order valence-electron chi connectivity index (χ3n) is 7.56. The highest BCUT2D eigenvalue weighted by molar-refractivity contribution is 6.04. The van der Waals surface area contributed by atoms with Gasteiger partial charge in [-0.3, -0.25) is 19.3 Å². The minimum atomic E-state index is -4.51. The molecular weight excluding hydrogens is 653 g/mol. The maximum Gasteiger partial charge on any atom is 0.416 e. The number of aromatic nitrogens is 4. The monoisotopic (exact) mass is 682 g/mol. The highest BCUT2D eigenvalue weighted by Crippen LogP contribution is 2.44. The van der Waals surface area contributed by atoms with Gasteiger partial charge in [0.25, 0.3) is 5.91 Å². The highest BCUT2D eigenvalue weighted by atomic mass is 19.4. The molecule has 0 bridgehead atoms. The zero-order chi connectivity index (χ0) is 35.6. The smallest absolute Gasteiger partial charge is 0.416 e. The lowest BCUT2D eigenvalue weighted by Gasteiger charge is -2.27. The predicted molar refractivity (Wildman–Crippen MR) is 181 cm³/mol. The van der Waals surface area contributed by atoms with Crippen molar-refractivity contribution in [1.82, 2.24) is 24.8 Å². The standard InChI is InChI=1S/C35H29F3N8O4/c1-21(17-45(3)46(20-47)27-11-7-24(8-12-27)35(36,37)38)32(48)43-26-9-13-28(14-10-26)49-33-30-29(22-5-4-6-25(39)15-22)31(23-16-42-44(2)18-23)50-34(30)41-19-40-33/h4-20H,39H2,1-3H3,(H,43,48)/b21-17+. The van der Waals surface area contributed by atoms with Crippen molar-refractivity contribution in [3.05, 3.63) is 109 Å². The molecule has 50 heavy (non-hydrogen) atoms. The zero-order valence-electron chi connectivity index (χ0n) is 26.8. The summed E-state index contributed by atoms with van der Waals surface area (Å²) in [6.07, 6.45) is 2.13. The van der Waals surface area contributed by atoms with Crippen LogP contribution in [0.15, 0.2) is 108 Å². The van der Waals surface area contributed by atoms with Crippen LogP contribution in [0.2, 0.25) is 0 Å². The topological polar surface area (TPSA) is 145 Å². The van der Waals surface area contributed by atoms with Crippen LogP contribution in [0.5, 0.6) is 11.6 Å². The maximum absolute atomic E-state index is 13.0. The number of nitrogens with zero attached hydrogens (tertiary/aromatic N) is 6. The lowest BCUT2D eigenvalue weighted by atomic mass is 10.0. The third-order valence-corrected chi connectivity index (χ3v) is 7.56. The summed E-state index contributed by atoms with van der Waals surface area (Å²) in [4.78, 5) is 33.5. The van der Waals surface area contributed by atoms with Crippen molar-refractivity contribution in [2.45, 2.75) is 13.1 Å².